The maximum absolute atomic E-state index is 13.6. The van der Waals surface area contributed by atoms with E-state index in [1.807, 2.05) is 11.8 Å². The summed E-state index contributed by atoms with van der Waals surface area (Å²) in [6.07, 6.45) is 3.06. The number of anilines is 1. The number of carboxylic acid groups (broad SMARTS) is 1. The molecule has 0 amide bonds. The highest BCUT2D eigenvalue weighted by Gasteiger charge is 2.52. The predicted molar refractivity (Wildman–Crippen MR) is 101 cm³/mol. The van der Waals surface area contributed by atoms with Crippen molar-refractivity contribution in [2.45, 2.75) is 26.4 Å². The van der Waals surface area contributed by atoms with Crippen molar-refractivity contribution in [3.8, 4) is 0 Å². The van der Waals surface area contributed by atoms with Crippen LogP contribution in [0.4, 0.5) is 18.9 Å². The van der Waals surface area contributed by atoms with Crippen molar-refractivity contribution < 1.29 is 23.1 Å². The highest BCUT2D eigenvalue weighted by atomic mass is 19.4. The minimum absolute atomic E-state index is 0.00403. The molecule has 3 nitrogen and oxygen atoms in total. The smallest absolute Gasteiger partial charge is 0.401 e. The van der Waals surface area contributed by atoms with E-state index < -0.39 is 17.6 Å². The second kappa shape index (κ2) is 7.86. The molecule has 0 saturated carbocycles. The first kappa shape index (κ1) is 20.6. The van der Waals surface area contributed by atoms with Gasteiger partial charge in [0.1, 0.15) is 5.41 Å². The summed E-state index contributed by atoms with van der Waals surface area (Å²) >= 11 is 0. The van der Waals surface area contributed by atoms with Crippen molar-refractivity contribution in [3.05, 3.63) is 72.0 Å². The summed E-state index contributed by atoms with van der Waals surface area (Å²) in [5, 5.41) is 8.68. The third-order valence-corrected chi connectivity index (χ3v) is 4.53. The Morgan fingerprint density at radius 3 is 2.41 bits per heavy atom. The van der Waals surface area contributed by atoms with Gasteiger partial charge in [-0.25, -0.2) is 4.79 Å². The van der Waals surface area contributed by atoms with Gasteiger partial charge in [0, 0.05) is 24.0 Å². The zero-order valence-corrected chi connectivity index (χ0v) is 15.3. The SMILES string of the molecule is C=C1C=CC(N(CCC)c2ccc(/C=C/C(=O)O)cc2)=CC1(C)C(F)(F)F. The van der Waals surface area contributed by atoms with Crippen LogP contribution in [-0.4, -0.2) is 23.8 Å². The lowest BCUT2D eigenvalue weighted by Crippen LogP contribution is -2.38. The monoisotopic (exact) mass is 377 g/mol. The standard InChI is InChI=1S/C21H22F3NO2/c1-4-13-25(17-10-6-16(7-11-17)8-12-19(26)27)18-9-5-15(2)20(3,14-18)21(22,23)24/h5-12,14H,2,4,13H2,1,3H3,(H,26,27)/b12-8+. The highest BCUT2D eigenvalue weighted by molar-refractivity contribution is 5.85. The first-order valence-electron chi connectivity index (χ1n) is 8.54. The topological polar surface area (TPSA) is 40.5 Å². The number of benzene rings is 1. The first-order chi connectivity index (χ1) is 12.6. The van der Waals surface area contributed by atoms with E-state index in [2.05, 4.69) is 6.58 Å². The van der Waals surface area contributed by atoms with Crippen LogP contribution in [0.3, 0.4) is 0 Å². The van der Waals surface area contributed by atoms with Crippen molar-refractivity contribution >= 4 is 17.7 Å². The molecule has 0 aromatic heterocycles. The Balaban J connectivity index is 2.40. The van der Waals surface area contributed by atoms with Gasteiger partial charge in [-0.05, 0) is 54.8 Å². The molecule has 1 aliphatic rings. The van der Waals surface area contributed by atoms with Crippen molar-refractivity contribution in [2.24, 2.45) is 5.41 Å². The van der Waals surface area contributed by atoms with E-state index in [0.29, 0.717) is 17.8 Å². The molecule has 27 heavy (non-hydrogen) atoms. The van der Waals surface area contributed by atoms with Crippen LogP contribution in [0, 0.1) is 5.41 Å². The number of halogens is 3. The van der Waals surface area contributed by atoms with Gasteiger partial charge in [0.2, 0.25) is 0 Å². The average molecular weight is 377 g/mol. The molecule has 6 heteroatoms. The minimum atomic E-state index is -4.44. The molecule has 1 atom stereocenters. The Morgan fingerprint density at radius 1 is 1.26 bits per heavy atom. The van der Waals surface area contributed by atoms with Crippen LogP contribution in [0.5, 0.6) is 0 Å². The fraction of sp³-hybridized carbons (Fsp3) is 0.286. The van der Waals surface area contributed by atoms with E-state index in [-0.39, 0.29) is 5.57 Å². The lowest BCUT2D eigenvalue weighted by molar-refractivity contribution is -0.186. The number of carboxylic acids is 1. The number of aliphatic carboxylic acids is 1. The summed E-state index contributed by atoms with van der Waals surface area (Å²) in [6.45, 7) is 7.19. The van der Waals surface area contributed by atoms with E-state index in [1.54, 1.807) is 30.3 Å². The molecule has 0 radical (unpaired) electrons. The maximum Gasteiger partial charge on any atom is 0.401 e. The second-order valence-electron chi connectivity index (χ2n) is 6.54. The molecule has 144 valence electrons. The number of alkyl halides is 3. The Labute approximate surface area is 156 Å². The van der Waals surface area contributed by atoms with E-state index in [1.165, 1.54) is 18.2 Å². The van der Waals surface area contributed by atoms with E-state index >= 15 is 0 Å². The average Bonchev–Trinajstić information content (AvgIpc) is 2.60. The van der Waals surface area contributed by atoms with Crippen LogP contribution >= 0.6 is 0 Å². The molecule has 1 aliphatic carbocycles. The van der Waals surface area contributed by atoms with Crippen LogP contribution in [0.1, 0.15) is 25.8 Å². The van der Waals surface area contributed by atoms with Gasteiger partial charge in [-0.3, -0.25) is 0 Å². The summed E-state index contributed by atoms with van der Waals surface area (Å²) in [6, 6.07) is 6.99. The van der Waals surface area contributed by atoms with E-state index in [0.717, 1.165) is 25.1 Å². The second-order valence-corrected chi connectivity index (χ2v) is 6.54. The first-order valence-corrected chi connectivity index (χ1v) is 8.54. The lowest BCUT2D eigenvalue weighted by atomic mass is 9.78. The number of carbonyl (C=O) groups is 1. The van der Waals surface area contributed by atoms with E-state index in [9.17, 15) is 18.0 Å². The molecule has 0 bridgehead atoms. The molecule has 1 aromatic carbocycles. The third kappa shape index (κ3) is 4.51. The zero-order valence-electron chi connectivity index (χ0n) is 15.3. The molecule has 0 heterocycles. The van der Waals surface area contributed by atoms with Gasteiger partial charge < -0.3 is 10.0 Å². The summed E-state index contributed by atoms with van der Waals surface area (Å²) in [5.41, 5.74) is -0.230. The Morgan fingerprint density at radius 2 is 1.89 bits per heavy atom. The Hall–Kier alpha value is -2.76. The van der Waals surface area contributed by atoms with Crippen molar-refractivity contribution in [1.29, 1.82) is 0 Å². The van der Waals surface area contributed by atoms with Crippen molar-refractivity contribution in [2.75, 3.05) is 11.4 Å². The lowest BCUT2D eigenvalue weighted by Gasteiger charge is -2.36. The molecule has 0 spiro atoms. The molecule has 0 saturated heterocycles. The molecule has 1 aromatic rings. The molecule has 1 N–H and O–H groups in total. The fourth-order valence-corrected chi connectivity index (χ4v) is 2.79. The van der Waals surface area contributed by atoms with Crippen LogP contribution in [0.15, 0.2) is 66.4 Å². The molecule has 0 fully saturated rings. The summed E-state index contributed by atoms with van der Waals surface area (Å²) in [7, 11) is 0. The van der Waals surface area contributed by atoms with Gasteiger partial charge in [-0.15, -0.1) is 0 Å². The van der Waals surface area contributed by atoms with Crippen LogP contribution in [0.25, 0.3) is 6.08 Å². The van der Waals surface area contributed by atoms with Crippen molar-refractivity contribution in [1.82, 2.24) is 0 Å². The predicted octanol–water partition coefficient (Wildman–Crippen LogP) is 5.58. The summed E-state index contributed by atoms with van der Waals surface area (Å²) < 4.78 is 40.8. The van der Waals surface area contributed by atoms with Gasteiger partial charge >= 0.3 is 12.1 Å². The van der Waals surface area contributed by atoms with Gasteiger partial charge in [-0.1, -0.05) is 31.7 Å². The molecular formula is C21H22F3NO2. The molecule has 2 rings (SSSR count). The normalized spacial score (nSPS) is 20.0. The molecule has 1 unspecified atom stereocenters. The van der Waals surface area contributed by atoms with Crippen LogP contribution in [0.2, 0.25) is 0 Å². The number of hydrogen-bond acceptors (Lipinski definition) is 2. The maximum atomic E-state index is 13.6. The number of hydrogen-bond donors (Lipinski definition) is 1. The number of rotatable bonds is 6. The third-order valence-electron chi connectivity index (χ3n) is 4.53. The van der Waals surface area contributed by atoms with Crippen LogP contribution < -0.4 is 4.90 Å². The number of allylic oxidation sites excluding steroid dienone is 4. The largest absolute Gasteiger partial charge is 0.478 e. The summed E-state index contributed by atoms with van der Waals surface area (Å²) in [5.74, 6) is -1.05. The highest BCUT2D eigenvalue weighted by Crippen LogP contribution is 2.48. The van der Waals surface area contributed by atoms with Gasteiger partial charge in [0.25, 0.3) is 0 Å². The Kier molecular flexibility index (Phi) is 5.98. The van der Waals surface area contributed by atoms with E-state index in [4.69, 9.17) is 5.11 Å². The van der Waals surface area contributed by atoms with Crippen LogP contribution in [-0.2, 0) is 4.79 Å². The minimum Gasteiger partial charge on any atom is -0.478 e. The fourth-order valence-electron chi connectivity index (χ4n) is 2.79. The number of nitrogens with zero attached hydrogens (tertiary/aromatic N) is 1. The van der Waals surface area contributed by atoms with Gasteiger partial charge in [0.05, 0.1) is 0 Å². The molecule has 0 aliphatic heterocycles. The quantitative estimate of drug-likeness (QED) is 0.658. The zero-order chi connectivity index (χ0) is 20.2. The molecular weight excluding hydrogens is 355 g/mol. The summed E-state index contributed by atoms with van der Waals surface area (Å²) in [4.78, 5) is 12.4. The van der Waals surface area contributed by atoms with Gasteiger partial charge in [0.15, 0.2) is 0 Å². The Bertz CT molecular complexity index is 804. The van der Waals surface area contributed by atoms with Gasteiger partial charge in [-0.2, -0.15) is 13.2 Å². The van der Waals surface area contributed by atoms with Crippen molar-refractivity contribution in [3.63, 3.8) is 0 Å².